The van der Waals surface area contributed by atoms with E-state index in [9.17, 15) is 0 Å². The minimum atomic E-state index is 0.581. The van der Waals surface area contributed by atoms with Crippen LogP contribution in [0.25, 0.3) is 11.5 Å². The molecule has 2 heterocycles. The van der Waals surface area contributed by atoms with E-state index in [1.165, 1.54) is 0 Å². The first-order valence-corrected chi connectivity index (χ1v) is 7.48. The summed E-state index contributed by atoms with van der Waals surface area (Å²) in [6.07, 6.45) is 6.36. The number of nitrogens with zero attached hydrogens (tertiary/aromatic N) is 3. The molecule has 0 N–H and O–H groups in total. The van der Waals surface area contributed by atoms with Gasteiger partial charge >= 0.3 is 0 Å². The maximum atomic E-state index is 5.64. The number of rotatable bonds is 6. The van der Waals surface area contributed by atoms with Gasteiger partial charge in [0.15, 0.2) is 0 Å². The van der Waals surface area contributed by atoms with Crippen molar-refractivity contribution in [3.63, 3.8) is 0 Å². The molecule has 0 bridgehead atoms. The van der Waals surface area contributed by atoms with Crippen molar-refractivity contribution >= 4 is 0 Å². The van der Waals surface area contributed by atoms with Crippen molar-refractivity contribution in [1.29, 1.82) is 0 Å². The lowest BCUT2D eigenvalue weighted by molar-refractivity contribution is 0.340. The molecule has 5 nitrogen and oxygen atoms in total. The van der Waals surface area contributed by atoms with E-state index < -0.39 is 0 Å². The van der Waals surface area contributed by atoms with Crippen LogP contribution in [0, 0.1) is 0 Å². The molecule has 0 radical (unpaired) electrons. The van der Waals surface area contributed by atoms with E-state index in [2.05, 4.69) is 21.5 Å². The standard InChI is InChI=1S/C17H19N3O2/c1-3-16-18-9-10-20(16)11-13-12-22-17(19-13)14-7-5-6-8-15(14)21-4-2/h5-10,12H,3-4,11H2,1-2H3. The van der Waals surface area contributed by atoms with Crippen LogP contribution in [-0.2, 0) is 13.0 Å². The fourth-order valence-electron chi connectivity index (χ4n) is 2.40. The second-order valence-electron chi connectivity index (χ2n) is 4.90. The zero-order valence-corrected chi connectivity index (χ0v) is 12.8. The van der Waals surface area contributed by atoms with Crippen molar-refractivity contribution in [3.05, 3.63) is 54.4 Å². The number of aromatic nitrogens is 3. The van der Waals surface area contributed by atoms with E-state index in [0.717, 1.165) is 29.3 Å². The summed E-state index contributed by atoms with van der Waals surface area (Å²) in [4.78, 5) is 8.90. The summed E-state index contributed by atoms with van der Waals surface area (Å²) >= 11 is 0. The lowest BCUT2D eigenvalue weighted by atomic mass is 10.2. The molecular formula is C17H19N3O2. The van der Waals surface area contributed by atoms with Crippen LogP contribution in [0.15, 0.2) is 47.3 Å². The fraction of sp³-hybridized carbons (Fsp3) is 0.294. The molecule has 3 aromatic rings. The first kappa shape index (κ1) is 14.4. The molecule has 2 aromatic heterocycles. The third-order valence-electron chi connectivity index (χ3n) is 3.42. The predicted octanol–water partition coefficient (Wildman–Crippen LogP) is 3.55. The van der Waals surface area contributed by atoms with E-state index in [0.29, 0.717) is 19.0 Å². The Balaban J connectivity index is 1.85. The second kappa shape index (κ2) is 6.47. The lowest BCUT2D eigenvalue weighted by Gasteiger charge is -2.06. The SMILES string of the molecule is CCOc1ccccc1-c1nc(Cn2ccnc2CC)co1. The molecule has 0 aliphatic rings. The van der Waals surface area contributed by atoms with E-state index in [1.54, 1.807) is 6.26 Å². The first-order valence-electron chi connectivity index (χ1n) is 7.48. The average molecular weight is 297 g/mol. The second-order valence-corrected chi connectivity index (χ2v) is 4.90. The van der Waals surface area contributed by atoms with Crippen molar-refractivity contribution < 1.29 is 9.15 Å². The molecule has 0 saturated heterocycles. The molecule has 5 heteroatoms. The van der Waals surface area contributed by atoms with Crippen LogP contribution in [0.1, 0.15) is 25.4 Å². The third kappa shape index (κ3) is 2.88. The van der Waals surface area contributed by atoms with Crippen LogP contribution < -0.4 is 4.74 Å². The van der Waals surface area contributed by atoms with Gasteiger partial charge in [-0.2, -0.15) is 0 Å². The van der Waals surface area contributed by atoms with Crippen LogP contribution in [-0.4, -0.2) is 21.1 Å². The lowest BCUT2D eigenvalue weighted by Crippen LogP contribution is -2.03. The number of hydrogen-bond acceptors (Lipinski definition) is 4. The first-order chi connectivity index (χ1) is 10.8. The normalized spacial score (nSPS) is 10.8. The molecule has 0 fully saturated rings. The average Bonchev–Trinajstić information content (AvgIpc) is 3.18. The van der Waals surface area contributed by atoms with E-state index >= 15 is 0 Å². The van der Waals surface area contributed by atoms with Crippen molar-refractivity contribution in [2.24, 2.45) is 0 Å². The summed E-state index contributed by atoms with van der Waals surface area (Å²) in [6.45, 7) is 5.32. The number of aryl methyl sites for hydroxylation is 1. The molecule has 114 valence electrons. The maximum Gasteiger partial charge on any atom is 0.229 e. The molecule has 1 aromatic carbocycles. The minimum Gasteiger partial charge on any atom is -0.493 e. The van der Waals surface area contributed by atoms with Crippen LogP contribution in [0.4, 0.5) is 0 Å². The van der Waals surface area contributed by atoms with E-state index in [1.807, 2.05) is 43.6 Å². The Kier molecular flexibility index (Phi) is 4.23. The quantitative estimate of drug-likeness (QED) is 0.698. The van der Waals surface area contributed by atoms with Gasteiger partial charge in [-0.1, -0.05) is 19.1 Å². The highest BCUT2D eigenvalue weighted by Crippen LogP contribution is 2.29. The van der Waals surface area contributed by atoms with Gasteiger partial charge in [-0.3, -0.25) is 0 Å². The molecular weight excluding hydrogens is 278 g/mol. The van der Waals surface area contributed by atoms with Crippen LogP contribution in [0.3, 0.4) is 0 Å². The van der Waals surface area contributed by atoms with Gasteiger partial charge in [0.25, 0.3) is 0 Å². The van der Waals surface area contributed by atoms with Gasteiger partial charge in [0.1, 0.15) is 17.8 Å². The Morgan fingerprint density at radius 2 is 2.09 bits per heavy atom. The van der Waals surface area contributed by atoms with Gasteiger partial charge < -0.3 is 13.7 Å². The van der Waals surface area contributed by atoms with Gasteiger partial charge in [-0.25, -0.2) is 9.97 Å². The summed E-state index contributed by atoms with van der Waals surface area (Å²) in [5, 5.41) is 0. The highest BCUT2D eigenvalue weighted by molar-refractivity contribution is 5.62. The monoisotopic (exact) mass is 297 g/mol. The molecule has 0 saturated carbocycles. The molecule has 0 aliphatic heterocycles. The van der Waals surface area contributed by atoms with E-state index in [4.69, 9.17) is 9.15 Å². The molecule has 0 unspecified atom stereocenters. The van der Waals surface area contributed by atoms with Gasteiger partial charge in [-0.15, -0.1) is 0 Å². The fourth-order valence-corrected chi connectivity index (χ4v) is 2.40. The summed E-state index contributed by atoms with van der Waals surface area (Å²) < 4.78 is 13.3. The molecule has 3 rings (SSSR count). The molecule has 22 heavy (non-hydrogen) atoms. The largest absolute Gasteiger partial charge is 0.493 e. The van der Waals surface area contributed by atoms with Gasteiger partial charge in [0.2, 0.25) is 5.89 Å². The summed E-state index contributed by atoms with van der Waals surface area (Å²) in [7, 11) is 0. The van der Waals surface area contributed by atoms with Gasteiger partial charge in [0, 0.05) is 18.8 Å². The number of ether oxygens (including phenoxy) is 1. The Hall–Kier alpha value is -2.56. The van der Waals surface area contributed by atoms with Crippen molar-refractivity contribution in [3.8, 4) is 17.2 Å². The number of oxazole rings is 1. The number of benzene rings is 1. The van der Waals surface area contributed by atoms with Gasteiger partial charge in [-0.05, 0) is 19.1 Å². The third-order valence-corrected chi connectivity index (χ3v) is 3.42. The highest BCUT2D eigenvalue weighted by Gasteiger charge is 2.12. The predicted molar refractivity (Wildman–Crippen MR) is 83.8 cm³/mol. The number of para-hydroxylation sites is 1. The highest BCUT2D eigenvalue weighted by atomic mass is 16.5. The zero-order valence-electron chi connectivity index (χ0n) is 12.8. The topological polar surface area (TPSA) is 53.1 Å². The maximum absolute atomic E-state index is 5.64. The van der Waals surface area contributed by atoms with Gasteiger partial charge in [0.05, 0.1) is 24.4 Å². The van der Waals surface area contributed by atoms with Crippen LogP contribution in [0.2, 0.25) is 0 Å². The Morgan fingerprint density at radius 1 is 1.23 bits per heavy atom. The van der Waals surface area contributed by atoms with Crippen molar-refractivity contribution in [1.82, 2.24) is 14.5 Å². The smallest absolute Gasteiger partial charge is 0.229 e. The van der Waals surface area contributed by atoms with Crippen LogP contribution in [0.5, 0.6) is 5.75 Å². The minimum absolute atomic E-state index is 0.581. The molecule has 0 spiro atoms. The Bertz CT molecular complexity index is 746. The molecule has 0 aliphatic carbocycles. The molecule has 0 amide bonds. The number of imidazole rings is 1. The zero-order chi connectivity index (χ0) is 15.4. The number of hydrogen-bond donors (Lipinski definition) is 0. The van der Waals surface area contributed by atoms with Crippen LogP contribution >= 0.6 is 0 Å². The Labute approximate surface area is 129 Å². The summed E-state index contributed by atoms with van der Waals surface area (Å²) in [6, 6.07) is 7.77. The Morgan fingerprint density at radius 3 is 2.91 bits per heavy atom. The van der Waals surface area contributed by atoms with E-state index in [-0.39, 0.29) is 0 Å². The summed E-state index contributed by atoms with van der Waals surface area (Å²) in [5.74, 6) is 2.41. The van der Waals surface area contributed by atoms with Crippen molar-refractivity contribution in [2.45, 2.75) is 26.8 Å². The summed E-state index contributed by atoms with van der Waals surface area (Å²) in [5.41, 5.74) is 1.74. The van der Waals surface area contributed by atoms with Crippen molar-refractivity contribution in [2.75, 3.05) is 6.61 Å². The molecule has 0 atom stereocenters.